The number of terminal acetylenes is 1. The third kappa shape index (κ3) is 3.25. The van der Waals surface area contributed by atoms with E-state index in [-0.39, 0.29) is 0 Å². The van der Waals surface area contributed by atoms with E-state index in [1.807, 2.05) is 5.92 Å². The summed E-state index contributed by atoms with van der Waals surface area (Å²) in [5.41, 5.74) is 0. The molecule has 0 aromatic rings. The summed E-state index contributed by atoms with van der Waals surface area (Å²) in [6.07, 6.45) is 4.53. The van der Waals surface area contributed by atoms with Crippen LogP contribution in [0.4, 0.5) is 0 Å². The summed E-state index contributed by atoms with van der Waals surface area (Å²) in [4.78, 5) is 0. The largest absolute Gasteiger partial charge is 0.222 e. The highest BCUT2D eigenvalue weighted by molar-refractivity contribution is 7.71. The summed E-state index contributed by atoms with van der Waals surface area (Å²) in [5.74, 6) is 1.83. The van der Waals surface area contributed by atoms with Crippen molar-refractivity contribution in [1.29, 1.82) is 0 Å². The standard InChI is InChI=1S/C3H2O2S/c1-2-3-6(4)5/h1,3H. The molecule has 0 saturated carbocycles. The molecule has 0 fully saturated rings. The lowest BCUT2D eigenvalue weighted by molar-refractivity contribution is 0.627. The van der Waals surface area contributed by atoms with Crippen LogP contribution in [0.25, 0.3) is 0 Å². The van der Waals surface area contributed by atoms with Crippen molar-refractivity contribution in [2.45, 2.75) is 0 Å². The topological polar surface area (TPSA) is 34.1 Å². The number of rotatable bonds is 0. The molecule has 0 bridgehead atoms. The highest BCUT2D eigenvalue weighted by atomic mass is 32.2. The second-order valence-electron chi connectivity index (χ2n) is 0.545. The Kier molecular flexibility index (Phi) is 2.17. The highest BCUT2D eigenvalue weighted by Crippen LogP contribution is 1.33. The normalized spacial score (nSPS) is 5.83. The molecule has 0 radical (unpaired) electrons. The van der Waals surface area contributed by atoms with Crippen molar-refractivity contribution in [2.24, 2.45) is 0 Å². The molecule has 0 amide bonds. The Morgan fingerprint density at radius 2 is 2.17 bits per heavy atom. The van der Waals surface area contributed by atoms with Crippen molar-refractivity contribution in [2.75, 3.05) is 0 Å². The summed E-state index contributed by atoms with van der Waals surface area (Å²) >= 11 is 0. The summed E-state index contributed by atoms with van der Waals surface area (Å²) in [5, 5.41) is 0.736. The van der Waals surface area contributed by atoms with Crippen LogP contribution in [0.15, 0.2) is 0 Å². The molecule has 0 spiro atoms. The van der Waals surface area contributed by atoms with Crippen LogP contribution in [0.1, 0.15) is 0 Å². The SMILES string of the molecule is C#CC=S(=O)=O. The maximum absolute atomic E-state index is 9.40. The van der Waals surface area contributed by atoms with Gasteiger partial charge in [-0.2, -0.15) is 8.42 Å². The maximum atomic E-state index is 9.40. The fraction of sp³-hybridized carbons (Fsp3) is 0. The van der Waals surface area contributed by atoms with Crippen molar-refractivity contribution in [3.63, 3.8) is 0 Å². The van der Waals surface area contributed by atoms with E-state index in [4.69, 9.17) is 0 Å². The molecule has 0 aromatic heterocycles. The molecule has 0 saturated heterocycles. The first-order chi connectivity index (χ1) is 2.77. The third-order valence-corrected chi connectivity index (χ3v) is 0.493. The van der Waals surface area contributed by atoms with E-state index in [1.54, 1.807) is 0 Å². The molecular formula is C3H2O2S. The van der Waals surface area contributed by atoms with Gasteiger partial charge in [-0.3, -0.25) is 0 Å². The van der Waals surface area contributed by atoms with Crippen LogP contribution in [0.2, 0.25) is 0 Å². The minimum absolute atomic E-state index is 0.736. The highest BCUT2D eigenvalue weighted by Gasteiger charge is 1.53. The predicted molar refractivity (Wildman–Crippen MR) is 23.8 cm³/mol. The molecule has 3 heteroatoms. The van der Waals surface area contributed by atoms with E-state index in [9.17, 15) is 8.42 Å². The molecule has 0 aliphatic heterocycles. The molecule has 0 atom stereocenters. The Bertz CT molecular complexity index is 171. The molecule has 0 N–H and O–H groups in total. The summed E-state index contributed by atoms with van der Waals surface area (Å²) in [6, 6.07) is 0. The third-order valence-electron chi connectivity index (χ3n) is 0.164. The smallest absolute Gasteiger partial charge is 0.184 e. The fourth-order valence-electron chi connectivity index (χ4n) is 0.0556. The van der Waals surface area contributed by atoms with Gasteiger partial charge in [0, 0.05) is 0 Å². The lowest BCUT2D eigenvalue weighted by Gasteiger charge is -1.41. The minimum atomic E-state index is -2.18. The van der Waals surface area contributed by atoms with Gasteiger partial charge in [-0.15, -0.1) is 6.42 Å². The first kappa shape index (κ1) is 5.25. The van der Waals surface area contributed by atoms with Gasteiger partial charge < -0.3 is 0 Å². The van der Waals surface area contributed by atoms with Crippen molar-refractivity contribution >= 4 is 15.7 Å². The van der Waals surface area contributed by atoms with Gasteiger partial charge >= 0.3 is 0 Å². The van der Waals surface area contributed by atoms with E-state index in [0.29, 0.717) is 0 Å². The van der Waals surface area contributed by atoms with Gasteiger partial charge in [0.25, 0.3) is 0 Å². The Hall–Kier alpha value is -0.750. The van der Waals surface area contributed by atoms with Gasteiger partial charge in [-0.1, -0.05) is 5.92 Å². The Labute approximate surface area is 37.3 Å². The zero-order valence-corrected chi connectivity index (χ0v) is 3.70. The van der Waals surface area contributed by atoms with E-state index >= 15 is 0 Å². The zero-order valence-electron chi connectivity index (χ0n) is 2.88. The zero-order chi connectivity index (χ0) is 4.99. The Morgan fingerprint density at radius 3 is 2.17 bits per heavy atom. The maximum Gasteiger partial charge on any atom is 0.222 e. The lowest BCUT2D eigenvalue weighted by Crippen LogP contribution is -1.60. The molecule has 0 rings (SSSR count). The van der Waals surface area contributed by atoms with Crippen LogP contribution in [0.5, 0.6) is 0 Å². The monoisotopic (exact) mass is 102 g/mol. The van der Waals surface area contributed by atoms with Gasteiger partial charge in [0.05, 0.1) is 0 Å². The molecule has 32 valence electrons. The number of hydrogen-bond acceptors (Lipinski definition) is 2. The van der Waals surface area contributed by atoms with Gasteiger partial charge in [-0.05, 0) is 0 Å². The van der Waals surface area contributed by atoms with Gasteiger partial charge in [0.2, 0.25) is 10.3 Å². The molecule has 0 aliphatic carbocycles. The summed E-state index contributed by atoms with van der Waals surface area (Å²) in [7, 11) is -2.18. The van der Waals surface area contributed by atoms with Crippen LogP contribution in [-0.4, -0.2) is 13.8 Å². The van der Waals surface area contributed by atoms with Crippen molar-refractivity contribution in [3.05, 3.63) is 0 Å². The van der Waals surface area contributed by atoms with E-state index in [1.165, 1.54) is 0 Å². The molecule has 0 unspecified atom stereocenters. The average molecular weight is 102 g/mol. The van der Waals surface area contributed by atoms with Crippen LogP contribution in [0, 0.1) is 12.3 Å². The van der Waals surface area contributed by atoms with Gasteiger partial charge in [-0.25, -0.2) is 0 Å². The predicted octanol–water partition coefficient (Wildman–Crippen LogP) is -0.699. The van der Waals surface area contributed by atoms with Gasteiger partial charge in [0.1, 0.15) is 5.37 Å². The molecule has 0 aliphatic rings. The first-order valence-electron chi connectivity index (χ1n) is 1.15. The molecule has 2 nitrogen and oxygen atoms in total. The molecule has 0 heterocycles. The van der Waals surface area contributed by atoms with Crippen LogP contribution in [0.3, 0.4) is 0 Å². The Balaban J connectivity index is 4.31. The van der Waals surface area contributed by atoms with Gasteiger partial charge in [0.15, 0.2) is 0 Å². The van der Waals surface area contributed by atoms with Crippen molar-refractivity contribution < 1.29 is 8.42 Å². The molecule has 6 heavy (non-hydrogen) atoms. The van der Waals surface area contributed by atoms with Crippen LogP contribution in [-0.2, 0) is 10.3 Å². The van der Waals surface area contributed by atoms with Crippen LogP contribution < -0.4 is 0 Å². The van der Waals surface area contributed by atoms with E-state index in [0.717, 1.165) is 5.37 Å². The number of hydrogen-bond donors (Lipinski definition) is 0. The first-order valence-corrected chi connectivity index (χ1v) is 2.28. The van der Waals surface area contributed by atoms with Crippen molar-refractivity contribution in [3.8, 4) is 12.3 Å². The minimum Gasteiger partial charge on any atom is -0.184 e. The lowest BCUT2D eigenvalue weighted by atomic mass is 10.8. The molecule has 0 aromatic carbocycles. The fourth-order valence-corrected chi connectivity index (χ4v) is 0.167. The second kappa shape index (κ2) is 2.49. The Morgan fingerprint density at radius 1 is 1.67 bits per heavy atom. The van der Waals surface area contributed by atoms with Crippen molar-refractivity contribution in [1.82, 2.24) is 0 Å². The van der Waals surface area contributed by atoms with E-state index in [2.05, 4.69) is 6.42 Å². The summed E-state index contributed by atoms with van der Waals surface area (Å²) in [6.45, 7) is 0. The summed E-state index contributed by atoms with van der Waals surface area (Å²) < 4.78 is 18.8. The molecular weight excluding hydrogens is 100 g/mol. The van der Waals surface area contributed by atoms with Crippen LogP contribution >= 0.6 is 0 Å². The quantitative estimate of drug-likeness (QED) is 0.299. The second-order valence-corrected chi connectivity index (χ2v) is 1.30. The van der Waals surface area contributed by atoms with E-state index < -0.39 is 10.3 Å². The average Bonchev–Trinajstić information content (AvgIpc) is 1.35.